The van der Waals surface area contributed by atoms with Crippen molar-refractivity contribution in [2.24, 2.45) is 0 Å². The molecule has 0 aliphatic carbocycles. The number of nitrogens with zero attached hydrogens (tertiary/aromatic N) is 2. The van der Waals surface area contributed by atoms with Crippen LogP contribution in [0.3, 0.4) is 0 Å². The number of para-hydroxylation sites is 1. The molecule has 0 N–H and O–H groups in total. The van der Waals surface area contributed by atoms with E-state index in [1.807, 2.05) is 24.3 Å². The Kier molecular flexibility index (Phi) is 2.74. The summed E-state index contributed by atoms with van der Waals surface area (Å²) in [4.78, 5) is 27.2. The van der Waals surface area contributed by atoms with Gasteiger partial charge in [-0.3, -0.25) is 4.79 Å². The van der Waals surface area contributed by atoms with Crippen LogP contribution in [0.1, 0.15) is 10.4 Å². The molecule has 5 heteroatoms. The fourth-order valence-electron chi connectivity index (χ4n) is 2.30. The van der Waals surface area contributed by atoms with Crippen LogP contribution in [0.2, 0.25) is 0 Å². The molecule has 19 heavy (non-hydrogen) atoms. The molecule has 0 radical (unpaired) electrons. The molecule has 3 rings (SSSR count). The quantitative estimate of drug-likeness (QED) is 0.791. The number of rotatable bonds is 3. The van der Waals surface area contributed by atoms with E-state index in [0.717, 1.165) is 5.39 Å². The Labute approximate surface area is 110 Å². The summed E-state index contributed by atoms with van der Waals surface area (Å²) in [6, 6.07) is 7.30. The van der Waals surface area contributed by atoms with E-state index in [0.29, 0.717) is 24.2 Å². The highest BCUT2D eigenvalue weighted by molar-refractivity contribution is 6.08. The number of fused-ring (bicyclic) bond motifs is 1. The summed E-state index contributed by atoms with van der Waals surface area (Å²) in [7, 11) is 1.74. The van der Waals surface area contributed by atoms with Crippen LogP contribution in [-0.4, -0.2) is 48.3 Å². The van der Waals surface area contributed by atoms with Gasteiger partial charge in [-0.05, 0) is 6.07 Å². The van der Waals surface area contributed by atoms with Crippen molar-refractivity contribution in [3.05, 3.63) is 36.1 Å². The molecule has 1 saturated heterocycles. The zero-order valence-corrected chi connectivity index (χ0v) is 10.6. The second-order valence-corrected chi connectivity index (χ2v) is 4.69. The number of likely N-dealkylation sites (N-methyl/N-ethyl adjacent to an activating group) is 1. The van der Waals surface area contributed by atoms with Crippen molar-refractivity contribution in [2.45, 2.75) is 0 Å². The molecule has 0 atom stereocenters. The van der Waals surface area contributed by atoms with Gasteiger partial charge in [0.05, 0.1) is 12.1 Å². The summed E-state index contributed by atoms with van der Waals surface area (Å²) < 4.78 is 5.35. The van der Waals surface area contributed by atoms with Gasteiger partial charge < -0.3 is 14.2 Å². The lowest BCUT2D eigenvalue weighted by Crippen LogP contribution is -2.33. The minimum Gasteiger partial charge on any atom is -0.464 e. The number of benzene rings is 1. The molecule has 0 unspecified atom stereocenters. The minimum absolute atomic E-state index is 0.0893. The number of Topliss-reactive ketones (excluding diaryl/α,β-unsaturated/α-hetero) is 1. The average Bonchev–Trinajstić information content (AvgIpc) is 2.97. The summed E-state index contributed by atoms with van der Waals surface area (Å²) in [6.07, 6.45) is 1.47. The van der Waals surface area contributed by atoms with Crippen molar-refractivity contribution in [3.8, 4) is 0 Å². The standard InChI is InChI=1S/C14H14N2O3/c1-15-6-7-16(14(15)18)8-12(17)11-9-19-13-5-3-2-4-10(11)13/h2-5,9H,6-8H2,1H3. The van der Waals surface area contributed by atoms with Crippen LogP contribution in [-0.2, 0) is 0 Å². The zero-order chi connectivity index (χ0) is 13.4. The first-order valence-electron chi connectivity index (χ1n) is 6.16. The van der Waals surface area contributed by atoms with Gasteiger partial charge in [-0.2, -0.15) is 0 Å². The second kappa shape index (κ2) is 4.42. The average molecular weight is 258 g/mol. The largest absolute Gasteiger partial charge is 0.464 e. The number of hydrogen-bond acceptors (Lipinski definition) is 3. The highest BCUT2D eigenvalue weighted by Crippen LogP contribution is 2.21. The predicted octanol–water partition coefficient (Wildman–Crippen LogP) is 1.98. The van der Waals surface area contributed by atoms with Crippen LogP contribution in [0, 0.1) is 0 Å². The summed E-state index contributed by atoms with van der Waals surface area (Å²) in [5.74, 6) is -0.0893. The Morgan fingerprint density at radius 3 is 2.84 bits per heavy atom. The Morgan fingerprint density at radius 1 is 1.32 bits per heavy atom. The first-order valence-corrected chi connectivity index (χ1v) is 6.16. The first-order chi connectivity index (χ1) is 9.16. The maximum Gasteiger partial charge on any atom is 0.320 e. The van der Waals surface area contributed by atoms with Gasteiger partial charge in [0.25, 0.3) is 0 Å². The molecule has 0 spiro atoms. The SMILES string of the molecule is CN1CCN(CC(=O)c2coc3ccccc23)C1=O. The minimum atomic E-state index is -0.0962. The lowest BCUT2D eigenvalue weighted by Gasteiger charge is -2.14. The molecule has 5 nitrogen and oxygen atoms in total. The van der Waals surface area contributed by atoms with Crippen LogP contribution >= 0.6 is 0 Å². The Morgan fingerprint density at radius 2 is 2.11 bits per heavy atom. The summed E-state index contributed by atoms with van der Waals surface area (Å²) in [5.41, 5.74) is 1.23. The Hall–Kier alpha value is -2.30. The molecular formula is C14H14N2O3. The summed E-state index contributed by atoms with van der Waals surface area (Å²) in [5, 5.41) is 0.799. The van der Waals surface area contributed by atoms with E-state index in [-0.39, 0.29) is 18.4 Å². The number of ketones is 1. The van der Waals surface area contributed by atoms with Crippen LogP contribution in [0.4, 0.5) is 4.79 Å². The topological polar surface area (TPSA) is 53.8 Å². The van der Waals surface area contributed by atoms with Gasteiger partial charge in [0.1, 0.15) is 11.8 Å². The van der Waals surface area contributed by atoms with Gasteiger partial charge in [-0.1, -0.05) is 18.2 Å². The lowest BCUT2D eigenvalue weighted by atomic mass is 10.1. The van der Waals surface area contributed by atoms with Crippen molar-refractivity contribution >= 4 is 22.8 Å². The third-order valence-electron chi connectivity index (χ3n) is 3.42. The molecule has 2 amide bonds. The fourth-order valence-corrected chi connectivity index (χ4v) is 2.30. The van der Waals surface area contributed by atoms with E-state index in [1.165, 1.54) is 6.26 Å². The predicted molar refractivity (Wildman–Crippen MR) is 70.1 cm³/mol. The highest BCUT2D eigenvalue weighted by atomic mass is 16.3. The summed E-state index contributed by atoms with van der Waals surface area (Å²) in [6.45, 7) is 1.36. The molecule has 2 aromatic rings. The smallest absolute Gasteiger partial charge is 0.320 e. The van der Waals surface area contributed by atoms with Gasteiger partial charge in [0, 0.05) is 25.5 Å². The van der Waals surface area contributed by atoms with E-state index in [9.17, 15) is 9.59 Å². The van der Waals surface area contributed by atoms with Crippen molar-refractivity contribution in [3.63, 3.8) is 0 Å². The molecule has 0 bridgehead atoms. The molecule has 1 aliphatic heterocycles. The third kappa shape index (κ3) is 1.97. The van der Waals surface area contributed by atoms with Gasteiger partial charge in [-0.15, -0.1) is 0 Å². The molecule has 1 fully saturated rings. The molecule has 98 valence electrons. The number of carbonyl (C=O) groups is 2. The van der Waals surface area contributed by atoms with E-state index in [2.05, 4.69) is 0 Å². The van der Waals surface area contributed by atoms with Crippen molar-refractivity contribution in [1.82, 2.24) is 9.80 Å². The molecule has 1 aromatic carbocycles. The lowest BCUT2D eigenvalue weighted by molar-refractivity contribution is 0.0952. The van der Waals surface area contributed by atoms with E-state index >= 15 is 0 Å². The Balaban J connectivity index is 1.83. The van der Waals surface area contributed by atoms with E-state index in [4.69, 9.17) is 4.42 Å². The summed E-state index contributed by atoms with van der Waals surface area (Å²) >= 11 is 0. The fraction of sp³-hybridized carbons (Fsp3) is 0.286. The third-order valence-corrected chi connectivity index (χ3v) is 3.42. The van der Waals surface area contributed by atoms with E-state index < -0.39 is 0 Å². The molecule has 1 aliphatic rings. The van der Waals surface area contributed by atoms with Gasteiger partial charge >= 0.3 is 6.03 Å². The zero-order valence-electron chi connectivity index (χ0n) is 10.6. The van der Waals surface area contributed by atoms with E-state index in [1.54, 1.807) is 16.8 Å². The molecule has 2 heterocycles. The number of urea groups is 1. The Bertz CT molecular complexity index is 647. The van der Waals surface area contributed by atoms with Gasteiger partial charge in [0.15, 0.2) is 5.78 Å². The van der Waals surface area contributed by atoms with Crippen LogP contribution in [0.5, 0.6) is 0 Å². The van der Waals surface area contributed by atoms with Crippen molar-refractivity contribution < 1.29 is 14.0 Å². The molecule has 1 aromatic heterocycles. The van der Waals surface area contributed by atoms with Crippen molar-refractivity contribution in [1.29, 1.82) is 0 Å². The number of furan rings is 1. The first kappa shape index (κ1) is 11.8. The molecule has 0 saturated carbocycles. The van der Waals surface area contributed by atoms with Gasteiger partial charge in [0.2, 0.25) is 0 Å². The maximum atomic E-state index is 12.3. The van der Waals surface area contributed by atoms with Crippen LogP contribution < -0.4 is 0 Å². The maximum absolute atomic E-state index is 12.3. The van der Waals surface area contributed by atoms with Crippen molar-refractivity contribution in [2.75, 3.05) is 26.7 Å². The second-order valence-electron chi connectivity index (χ2n) is 4.69. The molecular weight excluding hydrogens is 244 g/mol. The number of hydrogen-bond donors (Lipinski definition) is 0. The van der Waals surface area contributed by atoms with Gasteiger partial charge in [-0.25, -0.2) is 4.79 Å². The normalized spacial score (nSPS) is 15.5. The number of amides is 2. The van der Waals surface area contributed by atoms with Crippen LogP contribution in [0.15, 0.2) is 34.9 Å². The monoisotopic (exact) mass is 258 g/mol. The number of carbonyl (C=O) groups excluding carboxylic acids is 2. The highest BCUT2D eigenvalue weighted by Gasteiger charge is 2.28. The van der Waals surface area contributed by atoms with Crippen LogP contribution in [0.25, 0.3) is 11.0 Å².